The van der Waals surface area contributed by atoms with Gasteiger partial charge >= 0.3 is 11.9 Å². The summed E-state index contributed by atoms with van der Waals surface area (Å²) >= 11 is 3.81. The Morgan fingerprint density at radius 2 is 1.73 bits per heavy atom. The van der Waals surface area contributed by atoms with Crippen LogP contribution in [0.5, 0.6) is 0 Å². The van der Waals surface area contributed by atoms with Gasteiger partial charge in [0, 0.05) is 6.54 Å². The van der Waals surface area contributed by atoms with Gasteiger partial charge in [0.25, 0.3) is 0 Å². The Bertz CT molecular complexity index is 361. The number of nitrogens with zero attached hydrogens (tertiary/aromatic N) is 2. The van der Waals surface area contributed by atoms with E-state index in [2.05, 4.69) is 17.6 Å². The summed E-state index contributed by atoms with van der Waals surface area (Å²) in [5.41, 5.74) is 15.3. The van der Waals surface area contributed by atoms with Gasteiger partial charge in [0.1, 0.15) is 12.1 Å². The van der Waals surface area contributed by atoms with Gasteiger partial charge < -0.3 is 27.4 Å². The van der Waals surface area contributed by atoms with Crippen LogP contribution in [-0.4, -0.2) is 71.5 Å². The van der Waals surface area contributed by atoms with Crippen LogP contribution in [0.2, 0.25) is 0 Å². The lowest BCUT2D eigenvalue weighted by molar-refractivity contribution is -0.142. The van der Waals surface area contributed by atoms with E-state index in [-0.39, 0.29) is 5.96 Å². The molecule has 0 aliphatic rings. The molecular weight excluding hydrogens is 310 g/mol. The maximum atomic E-state index is 10.7. The highest BCUT2D eigenvalue weighted by atomic mass is 32.1. The van der Waals surface area contributed by atoms with Crippen LogP contribution in [0.15, 0.2) is 4.99 Å². The summed E-state index contributed by atoms with van der Waals surface area (Å²) in [5.74, 6) is -1.21. The predicted molar refractivity (Wildman–Crippen MR) is 89.1 cm³/mol. The van der Waals surface area contributed by atoms with Crippen molar-refractivity contribution >= 4 is 30.5 Å². The molecule has 0 saturated heterocycles. The third-order valence-electron chi connectivity index (χ3n) is 2.60. The molecule has 0 radical (unpaired) electrons. The second-order valence-corrected chi connectivity index (χ2v) is 5.17. The normalized spacial score (nSPS) is 12.8. The van der Waals surface area contributed by atoms with Crippen molar-refractivity contribution in [2.24, 2.45) is 22.2 Å². The molecule has 0 heterocycles. The zero-order valence-corrected chi connectivity index (χ0v) is 13.9. The molecule has 9 nitrogen and oxygen atoms in total. The van der Waals surface area contributed by atoms with Gasteiger partial charge in [-0.05, 0) is 39.1 Å². The van der Waals surface area contributed by atoms with E-state index in [1.807, 2.05) is 0 Å². The van der Waals surface area contributed by atoms with Crippen LogP contribution in [0.25, 0.3) is 0 Å². The third kappa shape index (κ3) is 13.5. The Morgan fingerprint density at radius 1 is 1.18 bits per heavy atom. The number of aliphatic carboxylic acids is 2. The van der Waals surface area contributed by atoms with Crippen LogP contribution in [0.4, 0.5) is 0 Å². The lowest BCUT2D eigenvalue weighted by Crippen LogP contribution is -2.35. The number of nitrogens with two attached hydrogens (primary N) is 3. The average Bonchev–Trinajstić information content (AvgIpc) is 2.38. The van der Waals surface area contributed by atoms with Crippen molar-refractivity contribution in [3.8, 4) is 0 Å². The highest BCUT2D eigenvalue weighted by Gasteiger charge is 2.18. The van der Waals surface area contributed by atoms with Crippen molar-refractivity contribution in [2.75, 3.05) is 26.4 Å². The third-order valence-corrected chi connectivity index (χ3v) is 2.85. The van der Waals surface area contributed by atoms with Crippen LogP contribution < -0.4 is 17.2 Å². The summed E-state index contributed by atoms with van der Waals surface area (Å²) in [7, 11) is 3.47. The topological polar surface area (TPSA) is 168 Å². The van der Waals surface area contributed by atoms with Gasteiger partial charge in [0.05, 0.1) is 0 Å². The van der Waals surface area contributed by atoms with E-state index in [0.29, 0.717) is 31.6 Å². The maximum Gasteiger partial charge on any atom is 0.320 e. The first kappa shape index (κ1) is 22.8. The monoisotopic (exact) mass is 337 g/mol. The molecule has 0 unspecified atom stereocenters. The molecule has 0 rings (SSSR count). The lowest BCUT2D eigenvalue weighted by Gasteiger charge is -2.19. The van der Waals surface area contributed by atoms with Crippen molar-refractivity contribution in [3.05, 3.63) is 0 Å². The molecule has 0 spiro atoms. The van der Waals surface area contributed by atoms with Crippen molar-refractivity contribution in [1.29, 1.82) is 0 Å². The number of carbonyl (C=O) groups is 2. The quantitative estimate of drug-likeness (QED) is 0.131. The Balaban J connectivity index is 0. The molecule has 0 aliphatic carbocycles. The molecule has 10 heteroatoms. The van der Waals surface area contributed by atoms with Crippen LogP contribution in [0.1, 0.15) is 19.3 Å². The van der Waals surface area contributed by atoms with Gasteiger partial charge in [-0.3, -0.25) is 19.5 Å². The molecule has 0 aliphatic heterocycles. The molecule has 0 aromatic rings. The molecule has 0 aromatic heterocycles. The SMILES string of the molecule is CN(C)[C@@H](CCCN=C(N)N)C(=O)O.N[C@@H](CCS)C(=O)O. The van der Waals surface area contributed by atoms with E-state index in [9.17, 15) is 9.59 Å². The van der Waals surface area contributed by atoms with Crippen molar-refractivity contribution in [3.63, 3.8) is 0 Å². The van der Waals surface area contributed by atoms with Gasteiger partial charge in [0.15, 0.2) is 5.96 Å². The van der Waals surface area contributed by atoms with Gasteiger partial charge in [0.2, 0.25) is 0 Å². The zero-order chi connectivity index (χ0) is 17.7. The number of thiol groups is 1. The fourth-order valence-corrected chi connectivity index (χ4v) is 1.64. The highest BCUT2D eigenvalue weighted by molar-refractivity contribution is 7.80. The molecule has 0 fully saturated rings. The summed E-state index contributed by atoms with van der Waals surface area (Å²) in [6.45, 7) is 0.472. The van der Waals surface area contributed by atoms with E-state index >= 15 is 0 Å². The van der Waals surface area contributed by atoms with Crippen LogP contribution in [-0.2, 0) is 9.59 Å². The van der Waals surface area contributed by atoms with Gasteiger partial charge in [-0.2, -0.15) is 12.6 Å². The van der Waals surface area contributed by atoms with Gasteiger partial charge in [-0.1, -0.05) is 0 Å². The standard InChI is InChI=1S/C8H18N4O2.C4H9NO2S/c1-12(2)6(7(13)14)4-3-5-11-8(9)10;5-3(1-2-8)4(6)7/h6H,3-5H2,1-2H3,(H,13,14)(H4,9,10,11);3,8H,1-2,5H2,(H,6,7)/t6-;3-/m00/s1. The second kappa shape index (κ2) is 13.2. The number of likely N-dealkylation sites (N-methyl/N-ethyl adjacent to an activating group) is 1. The molecule has 8 N–H and O–H groups in total. The van der Waals surface area contributed by atoms with Gasteiger partial charge in [-0.25, -0.2) is 0 Å². The highest BCUT2D eigenvalue weighted by Crippen LogP contribution is 2.03. The molecule has 22 heavy (non-hydrogen) atoms. The zero-order valence-electron chi connectivity index (χ0n) is 13.0. The maximum absolute atomic E-state index is 10.7. The molecule has 130 valence electrons. The number of rotatable bonds is 9. The summed E-state index contributed by atoms with van der Waals surface area (Å²) in [6.07, 6.45) is 1.63. The lowest BCUT2D eigenvalue weighted by atomic mass is 10.1. The Morgan fingerprint density at radius 3 is 2.00 bits per heavy atom. The smallest absolute Gasteiger partial charge is 0.320 e. The molecular formula is C12H27N5O4S. The van der Waals surface area contributed by atoms with E-state index in [1.54, 1.807) is 19.0 Å². The number of carboxylic acids is 2. The van der Waals surface area contributed by atoms with Crippen molar-refractivity contribution in [1.82, 2.24) is 4.90 Å². The second-order valence-electron chi connectivity index (χ2n) is 4.72. The van der Waals surface area contributed by atoms with E-state index in [1.165, 1.54) is 0 Å². The Hall–Kier alpha value is -1.52. The average molecular weight is 337 g/mol. The number of aliphatic imine (C=N–C) groups is 1. The molecule has 0 aromatic carbocycles. The minimum atomic E-state index is -0.959. The summed E-state index contributed by atoms with van der Waals surface area (Å²) in [6, 6.07) is -1.21. The van der Waals surface area contributed by atoms with E-state index < -0.39 is 24.0 Å². The molecule has 0 bridgehead atoms. The fraction of sp³-hybridized carbons (Fsp3) is 0.750. The predicted octanol–water partition coefficient (Wildman–Crippen LogP) is -1.23. The van der Waals surface area contributed by atoms with E-state index in [0.717, 1.165) is 0 Å². The minimum absolute atomic E-state index is 0.0433. The molecule has 0 saturated carbocycles. The van der Waals surface area contributed by atoms with Crippen LogP contribution >= 0.6 is 12.6 Å². The first-order chi connectivity index (χ1) is 10.1. The molecule has 0 amide bonds. The van der Waals surface area contributed by atoms with Crippen molar-refractivity contribution in [2.45, 2.75) is 31.3 Å². The fourth-order valence-electron chi connectivity index (χ4n) is 1.36. The van der Waals surface area contributed by atoms with Gasteiger partial charge in [-0.15, -0.1) is 0 Å². The summed E-state index contributed by atoms with van der Waals surface area (Å²) < 4.78 is 0. The number of hydrogen-bond donors (Lipinski definition) is 6. The number of hydrogen-bond acceptors (Lipinski definition) is 6. The molecule has 2 atom stereocenters. The van der Waals surface area contributed by atoms with Crippen molar-refractivity contribution < 1.29 is 19.8 Å². The first-order valence-electron chi connectivity index (χ1n) is 6.67. The first-order valence-corrected chi connectivity index (χ1v) is 7.30. The Labute approximate surface area is 136 Å². The summed E-state index contributed by atoms with van der Waals surface area (Å²) in [5, 5.41) is 17.0. The summed E-state index contributed by atoms with van der Waals surface area (Å²) in [4.78, 5) is 26.1. The minimum Gasteiger partial charge on any atom is -0.480 e. The number of carboxylic acid groups (broad SMARTS) is 2. The Kier molecular flexibility index (Phi) is 13.6. The largest absolute Gasteiger partial charge is 0.480 e. The van der Waals surface area contributed by atoms with E-state index in [4.69, 9.17) is 27.4 Å². The number of guanidine groups is 1. The van der Waals surface area contributed by atoms with Crippen LogP contribution in [0, 0.1) is 0 Å². The van der Waals surface area contributed by atoms with Crippen LogP contribution in [0.3, 0.4) is 0 Å².